The molecule has 0 aliphatic heterocycles. The topological polar surface area (TPSA) is 66.4 Å². The largest absolute Gasteiger partial charge is 0.480 e. The van der Waals surface area contributed by atoms with Gasteiger partial charge in [0.2, 0.25) is 5.91 Å². The number of rotatable bonds is 6. The van der Waals surface area contributed by atoms with Crippen molar-refractivity contribution in [2.24, 2.45) is 5.41 Å². The zero-order valence-corrected chi connectivity index (χ0v) is 10.8. The summed E-state index contributed by atoms with van der Waals surface area (Å²) in [6.07, 6.45) is 1.78. The van der Waals surface area contributed by atoms with Crippen LogP contribution in [0.25, 0.3) is 0 Å². The second-order valence-electron chi connectivity index (χ2n) is 4.56. The van der Waals surface area contributed by atoms with Gasteiger partial charge < -0.3 is 10.4 Å². The fraction of sp³-hybridized carbons (Fsp3) is 0.429. The van der Waals surface area contributed by atoms with Crippen molar-refractivity contribution in [3.63, 3.8) is 0 Å². The highest BCUT2D eigenvalue weighted by Gasteiger charge is 2.39. The van der Waals surface area contributed by atoms with Crippen LogP contribution in [0.3, 0.4) is 0 Å². The third-order valence-electron chi connectivity index (χ3n) is 3.19. The summed E-state index contributed by atoms with van der Waals surface area (Å²) in [6, 6.07) is 9.83. The zero-order chi connectivity index (χ0) is 13.6. The molecule has 0 fully saturated rings. The van der Waals surface area contributed by atoms with Crippen LogP contribution >= 0.6 is 0 Å². The smallest absolute Gasteiger partial charge is 0.318 e. The minimum Gasteiger partial charge on any atom is -0.480 e. The fourth-order valence-electron chi connectivity index (χ4n) is 1.88. The second kappa shape index (κ2) is 6.19. The number of nitrogens with one attached hydrogen (secondary N) is 1. The number of aryl methyl sites for hydroxylation is 1. The van der Waals surface area contributed by atoms with Gasteiger partial charge in [-0.3, -0.25) is 9.59 Å². The summed E-state index contributed by atoms with van der Waals surface area (Å²) in [5, 5.41) is 11.6. The fourth-order valence-corrected chi connectivity index (χ4v) is 1.88. The van der Waals surface area contributed by atoms with Crippen LogP contribution in [0.4, 0.5) is 0 Å². The van der Waals surface area contributed by atoms with Gasteiger partial charge in [-0.05, 0) is 31.7 Å². The van der Waals surface area contributed by atoms with Crippen LogP contribution in [0.2, 0.25) is 0 Å². The van der Waals surface area contributed by atoms with E-state index in [2.05, 4.69) is 5.32 Å². The predicted octanol–water partition coefficient (Wildman–Crippen LogP) is 1.85. The first-order valence-electron chi connectivity index (χ1n) is 6.00. The first-order valence-corrected chi connectivity index (χ1v) is 6.00. The zero-order valence-electron chi connectivity index (χ0n) is 10.8. The first-order chi connectivity index (χ1) is 8.50. The van der Waals surface area contributed by atoms with Gasteiger partial charge in [0.15, 0.2) is 0 Å². The highest BCUT2D eigenvalue weighted by Crippen LogP contribution is 2.25. The number of hydrogen-bond acceptors (Lipinski definition) is 2. The molecule has 0 radical (unpaired) electrons. The molecule has 0 spiro atoms. The summed E-state index contributed by atoms with van der Waals surface area (Å²) in [5.74, 6) is -1.52. The molecule has 0 aliphatic rings. The molecule has 2 N–H and O–H groups in total. The van der Waals surface area contributed by atoms with E-state index in [0.29, 0.717) is 12.8 Å². The van der Waals surface area contributed by atoms with Crippen molar-refractivity contribution in [1.82, 2.24) is 5.32 Å². The van der Waals surface area contributed by atoms with Crippen LogP contribution in [-0.2, 0) is 16.0 Å². The van der Waals surface area contributed by atoms with Gasteiger partial charge in [0.25, 0.3) is 0 Å². The Morgan fingerprint density at radius 3 is 2.39 bits per heavy atom. The molecule has 4 nitrogen and oxygen atoms in total. The molecule has 0 saturated carbocycles. The molecule has 0 aromatic heterocycles. The third kappa shape index (κ3) is 3.32. The number of benzene rings is 1. The number of carbonyl (C=O) groups is 2. The summed E-state index contributed by atoms with van der Waals surface area (Å²) in [4.78, 5) is 22.8. The van der Waals surface area contributed by atoms with Crippen molar-refractivity contribution in [3.05, 3.63) is 35.9 Å². The van der Waals surface area contributed by atoms with Crippen molar-refractivity contribution in [3.8, 4) is 0 Å². The lowest BCUT2D eigenvalue weighted by molar-refractivity contribution is -0.155. The molecule has 1 unspecified atom stereocenters. The average molecular weight is 249 g/mol. The van der Waals surface area contributed by atoms with E-state index in [0.717, 1.165) is 12.0 Å². The van der Waals surface area contributed by atoms with Crippen LogP contribution < -0.4 is 5.32 Å². The molecule has 1 amide bonds. The van der Waals surface area contributed by atoms with Gasteiger partial charge in [-0.25, -0.2) is 0 Å². The van der Waals surface area contributed by atoms with E-state index in [1.165, 1.54) is 14.0 Å². The molecule has 18 heavy (non-hydrogen) atoms. The minimum atomic E-state index is -1.34. The van der Waals surface area contributed by atoms with Crippen molar-refractivity contribution >= 4 is 11.9 Å². The van der Waals surface area contributed by atoms with Gasteiger partial charge in [-0.2, -0.15) is 0 Å². The van der Waals surface area contributed by atoms with Gasteiger partial charge in [0.1, 0.15) is 5.41 Å². The van der Waals surface area contributed by atoms with Crippen molar-refractivity contribution < 1.29 is 14.7 Å². The van der Waals surface area contributed by atoms with Crippen molar-refractivity contribution in [2.75, 3.05) is 7.05 Å². The SMILES string of the molecule is CNC(=O)C(C)(CCCc1ccccc1)C(=O)O. The summed E-state index contributed by atoms with van der Waals surface area (Å²) in [7, 11) is 1.46. The standard InChI is InChI=1S/C14H19NO3/c1-14(13(17)18,12(16)15-2)10-6-9-11-7-4-3-5-8-11/h3-5,7-8H,6,9-10H2,1-2H3,(H,15,16)(H,17,18). The van der Waals surface area contributed by atoms with Gasteiger partial charge in [0.05, 0.1) is 0 Å². The highest BCUT2D eigenvalue weighted by molar-refractivity contribution is 6.01. The quantitative estimate of drug-likeness (QED) is 0.756. The lowest BCUT2D eigenvalue weighted by Crippen LogP contribution is -2.43. The van der Waals surface area contributed by atoms with Gasteiger partial charge in [-0.1, -0.05) is 30.3 Å². The molecular formula is C14H19NO3. The van der Waals surface area contributed by atoms with Crippen molar-refractivity contribution in [2.45, 2.75) is 26.2 Å². The second-order valence-corrected chi connectivity index (χ2v) is 4.56. The molecule has 1 atom stereocenters. The molecule has 0 heterocycles. The monoisotopic (exact) mass is 249 g/mol. The Bertz CT molecular complexity index is 416. The molecule has 4 heteroatoms. The number of hydrogen-bond donors (Lipinski definition) is 2. The van der Waals surface area contributed by atoms with Crippen molar-refractivity contribution in [1.29, 1.82) is 0 Å². The lowest BCUT2D eigenvalue weighted by Gasteiger charge is -2.22. The van der Waals surface area contributed by atoms with E-state index in [1.54, 1.807) is 0 Å². The van der Waals surface area contributed by atoms with E-state index >= 15 is 0 Å². The summed E-state index contributed by atoms with van der Waals surface area (Å²) in [5.41, 5.74) is -0.189. The molecule has 1 aromatic carbocycles. The first kappa shape index (κ1) is 14.2. The molecule has 98 valence electrons. The van der Waals surface area contributed by atoms with Gasteiger partial charge in [0, 0.05) is 7.05 Å². The Morgan fingerprint density at radius 2 is 1.89 bits per heavy atom. The highest BCUT2D eigenvalue weighted by atomic mass is 16.4. The molecule has 1 aromatic rings. The van der Waals surface area contributed by atoms with Crippen LogP contribution in [-0.4, -0.2) is 24.0 Å². The lowest BCUT2D eigenvalue weighted by atomic mass is 9.83. The molecular weight excluding hydrogens is 230 g/mol. The summed E-state index contributed by atoms with van der Waals surface area (Å²) < 4.78 is 0. The Hall–Kier alpha value is -1.84. The van der Waals surface area contributed by atoms with E-state index in [1.807, 2.05) is 30.3 Å². The van der Waals surface area contributed by atoms with Gasteiger partial charge >= 0.3 is 5.97 Å². The predicted molar refractivity (Wildman–Crippen MR) is 69.2 cm³/mol. The van der Waals surface area contributed by atoms with Crippen LogP contribution in [0.1, 0.15) is 25.3 Å². The number of carboxylic acids is 1. The number of aliphatic carboxylic acids is 1. The van der Waals surface area contributed by atoms with Crippen LogP contribution in [0.15, 0.2) is 30.3 Å². The molecule has 0 saturated heterocycles. The molecule has 0 bridgehead atoms. The Balaban J connectivity index is 2.59. The van der Waals surface area contributed by atoms with Gasteiger partial charge in [-0.15, -0.1) is 0 Å². The number of amides is 1. The van der Waals surface area contributed by atoms with Crippen LogP contribution in [0.5, 0.6) is 0 Å². The normalized spacial score (nSPS) is 13.7. The van der Waals surface area contributed by atoms with E-state index in [4.69, 9.17) is 0 Å². The third-order valence-corrected chi connectivity index (χ3v) is 3.19. The minimum absolute atomic E-state index is 0.330. The Morgan fingerprint density at radius 1 is 1.28 bits per heavy atom. The average Bonchev–Trinajstić information content (AvgIpc) is 2.38. The van der Waals surface area contributed by atoms with Crippen LogP contribution in [0, 0.1) is 5.41 Å². The maximum Gasteiger partial charge on any atom is 0.318 e. The Kier molecular flexibility index (Phi) is 4.89. The van der Waals surface area contributed by atoms with E-state index < -0.39 is 17.3 Å². The summed E-state index contributed by atoms with van der Waals surface area (Å²) >= 11 is 0. The van der Waals surface area contributed by atoms with E-state index in [9.17, 15) is 14.7 Å². The Labute approximate surface area is 107 Å². The molecule has 1 rings (SSSR count). The molecule has 0 aliphatic carbocycles. The van der Waals surface area contributed by atoms with E-state index in [-0.39, 0.29) is 0 Å². The maximum atomic E-state index is 11.6. The summed E-state index contributed by atoms with van der Waals surface area (Å²) in [6.45, 7) is 1.47. The maximum absolute atomic E-state index is 11.6. The number of carboxylic acid groups (broad SMARTS) is 1. The number of carbonyl (C=O) groups excluding carboxylic acids is 1.